The zero-order valence-electron chi connectivity index (χ0n) is 9.35. The van der Waals surface area contributed by atoms with Crippen LogP contribution in [0.1, 0.15) is 11.5 Å². The van der Waals surface area contributed by atoms with E-state index < -0.39 is 5.92 Å². The van der Waals surface area contributed by atoms with Crippen molar-refractivity contribution in [1.82, 2.24) is 5.32 Å². The Morgan fingerprint density at radius 2 is 1.94 bits per heavy atom. The molecular weight excluding hydrogens is 214 g/mol. The summed E-state index contributed by atoms with van der Waals surface area (Å²) in [5, 5.41) is 2.63. The summed E-state index contributed by atoms with van der Waals surface area (Å²) in [5.74, 6) is -1.60. The Morgan fingerprint density at radius 3 is 2.53 bits per heavy atom. The van der Waals surface area contributed by atoms with Crippen LogP contribution >= 0.6 is 0 Å². The topological polar surface area (TPSA) is 46.2 Å². The fraction of sp³-hybridized carbons (Fsp3) is 0.143. The van der Waals surface area contributed by atoms with E-state index in [0.717, 1.165) is 5.56 Å². The van der Waals surface area contributed by atoms with Gasteiger partial charge in [0, 0.05) is 11.6 Å². The molecule has 1 N–H and O–H groups in total. The average Bonchev–Trinajstić information content (AvgIpc) is 2.64. The second-order valence-corrected chi connectivity index (χ2v) is 3.99. The number of carbonyl (C=O) groups is 2. The van der Waals surface area contributed by atoms with Crippen LogP contribution in [0.3, 0.4) is 0 Å². The van der Waals surface area contributed by atoms with Crippen molar-refractivity contribution in [3.8, 4) is 0 Å². The van der Waals surface area contributed by atoms with Crippen LogP contribution in [0.25, 0.3) is 0 Å². The Morgan fingerprint density at radius 1 is 1.29 bits per heavy atom. The van der Waals surface area contributed by atoms with Crippen LogP contribution in [-0.4, -0.2) is 11.7 Å². The van der Waals surface area contributed by atoms with Gasteiger partial charge in [-0.05, 0) is 11.6 Å². The second-order valence-electron chi connectivity index (χ2n) is 3.99. The molecule has 1 aromatic rings. The third kappa shape index (κ3) is 1.91. The van der Waals surface area contributed by atoms with E-state index >= 15 is 0 Å². The molecule has 0 saturated carbocycles. The number of carbonyl (C=O) groups excluding carboxylic acids is 2. The van der Waals surface area contributed by atoms with Crippen LogP contribution in [0.15, 0.2) is 55.3 Å². The fourth-order valence-electron chi connectivity index (χ4n) is 2.14. The highest BCUT2D eigenvalue weighted by molar-refractivity contribution is 6.09. The number of nitrogens with one attached hydrogen (secondary N) is 1. The Labute approximate surface area is 99.8 Å². The molecule has 0 bridgehead atoms. The molecule has 1 aliphatic heterocycles. The number of benzene rings is 1. The quantitative estimate of drug-likeness (QED) is 0.632. The van der Waals surface area contributed by atoms with E-state index in [2.05, 4.69) is 18.5 Å². The summed E-state index contributed by atoms with van der Waals surface area (Å²) in [7, 11) is 0. The molecule has 2 rings (SSSR count). The highest BCUT2D eigenvalue weighted by atomic mass is 16.2. The maximum atomic E-state index is 11.7. The van der Waals surface area contributed by atoms with Crippen molar-refractivity contribution in [3.63, 3.8) is 0 Å². The maximum Gasteiger partial charge on any atom is 0.236 e. The van der Waals surface area contributed by atoms with Crippen molar-refractivity contribution < 1.29 is 9.59 Å². The summed E-state index contributed by atoms with van der Waals surface area (Å²) >= 11 is 0. The van der Waals surface area contributed by atoms with E-state index in [0.29, 0.717) is 5.70 Å². The fourth-order valence-corrected chi connectivity index (χ4v) is 2.14. The summed E-state index contributed by atoms with van der Waals surface area (Å²) in [6.45, 7) is 7.24. The third-order valence-electron chi connectivity index (χ3n) is 2.94. The van der Waals surface area contributed by atoms with Gasteiger partial charge in [-0.2, -0.15) is 0 Å². The zero-order chi connectivity index (χ0) is 12.4. The molecule has 2 unspecified atom stereocenters. The van der Waals surface area contributed by atoms with Gasteiger partial charge in [-0.3, -0.25) is 9.59 Å². The predicted molar refractivity (Wildman–Crippen MR) is 65.2 cm³/mol. The molecule has 3 nitrogen and oxygen atoms in total. The highest BCUT2D eigenvalue weighted by Crippen LogP contribution is 2.35. The maximum absolute atomic E-state index is 11.7. The van der Waals surface area contributed by atoms with E-state index in [-0.39, 0.29) is 17.6 Å². The monoisotopic (exact) mass is 227 g/mol. The van der Waals surface area contributed by atoms with Crippen molar-refractivity contribution in [2.24, 2.45) is 5.92 Å². The largest absolute Gasteiger partial charge is 0.329 e. The van der Waals surface area contributed by atoms with Crippen LogP contribution < -0.4 is 5.32 Å². The van der Waals surface area contributed by atoms with Crippen LogP contribution in [0.4, 0.5) is 0 Å². The molecule has 0 aliphatic carbocycles. The van der Waals surface area contributed by atoms with Gasteiger partial charge in [-0.1, -0.05) is 43.5 Å². The SMILES string of the molecule is C=CC(=O)C1C(=O)NC(=C)C1c1ccccc1. The van der Waals surface area contributed by atoms with Crippen LogP contribution in [0, 0.1) is 5.92 Å². The van der Waals surface area contributed by atoms with Gasteiger partial charge in [-0.25, -0.2) is 0 Å². The molecule has 3 heteroatoms. The lowest BCUT2D eigenvalue weighted by atomic mass is 9.84. The number of allylic oxidation sites excluding steroid dienone is 2. The van der Waals surface area contributed by atoms with Gasteiger partial charge in [0.25, 0.3) is 0 Å². The first-order valence-electron chi connectivity index (χ1n) is 5.36. The number of hydrogen-bond donors (Lipinski definition) is 1. The Hall–Kier alpha value is -2.16. The van der Waals surface area contributed by atoms with E-state index in [1.54, 1.807) is 0 Å². The van der Waals surface area contributed by atoms with Crippen molar-refractivity contribution in [1.29, 1.82) is 0 Å². The summed E-state index contributed by atoms with van der Waals surface area (Å²) in [5.41, 5.74) is 1.48. The molecule has 0 aromatic heterocycles. The minimum absolute atomic E-state index is 0.269. The summed E-state index contributed by atoms with van der Waals surface area (Å²) in [6.07, 6.45) is 1.19. The summed E-state index contributed by atoms with van der Waals surface area (Å²) in [4.78, 5) is 23.5. The van der Waals surface area contributed by atoms with Gasteiger partial charge in [0.05, 0.1) is 0 Å². The van der Waals surface area contributed by atoms with Gasteiger partial charge in [-0.15, -0.1) is 0 Å². The Kier molecular flexibility index (Phi) is 2.91. The smallest absolute Gasteiger partial charge is 0.236 e. The molecule has 1 fully saturated rings. The average molecular weight is 227 g/mol. The normalized spacial score (nSPS) is 23.3. The van der Waals surface area contributed by atoms with Gasteiger partial charge in [0.1, 0.15) is 5.92 Å². The molecule has 1 aliphatic rings. The second kappa shape index (κ2) is 4.37. The van der Waals surface area contributed by atoms with Gasteiger partial charge >= 0.3 is 0 Å². The first kappa shape index (κ1) is 11.3. The molecule has 1 heterocycles. The van der Waals surface area contributed by atoms with Gasteiger partial charge in [0.15, 0.2) is 5.78 Å². The lowest BCUT2D eigenvalue weighted by molar-refractivity contribution is -0.129. The number of amides is 1. The molecule has 86 valence electrons. The van der Waals surface area contributed by atoms with Crippen LogP contribution in [0.2, 0.25) is 0 Å². The first-order valence-corrected chi connectivity index (χ1v) is 5.36. The standard InChI is InChI=1S/C14H13NO2/c1-3-11(16)13-12(9(2)15-14(13)17)10-7-5-4-6-8-10/h3-8,12-13H,1-2H2,(H,15,17). The van der Waals surface area contributed by atoms with Crippen molar-refractivity contribution in [2.75, 3.05) is 0 Å². The zero-order valence-corrected chi connectivity index (χ0v) is 9.35. The van der Waals surface area contributed by atoms with Crippen molar-refractivity contribution in [3.05, 3.63) is 60.8 Å². The molecule has 1 aromatic carbocycles. The lowest BCUT2D eigenvalue weighted by Crippen LogP contribution is -2.25. The molecular formula is C14H13NO2. The van der Waals surface area contributed by atoms with Gasteiger partial charge in [0.2, 0.25) is 5.91 Å². The van der Waals surface area contributed by atoms with Crippen LogP contribution in [-0.2, 0) is 9.59 Å². The van der Waals surface area contributed by atoms with Gasteiger partial charge < -0.3 is 5.32 Å². The summed E-state index contributed by atoms with van der Waals surface area (Å²) in [6, 6.07) is 9.42. The van der Waals surface area contributed by atoms with E-state index in [4.69, 9.17) is 0 Å². The predicted octanol–water partition coefficient (Wildman–Crippen LogP) is 1.78. The van der Waals surface area contributed by atoms with Crippen molar-refractivity contribution in [2.45, 2.75) is 5.92 Å². The Balaban J connectivity index is 2.43. The molecule has 1 amide bonds. The minimum Gasteiger partial charge on any atom is -0.329 e. The number of rotatable bonds is 3. The van der Waals surface area contributed by atoms with Crippen LogP contribution in [0.5, 0.6) is 0 Å². The minimum atomic E-state index is -0.734. The van der Waals surface area contributed by atoms with E-state index in [1.165, 1.54) is 6.08 Å². The van der Waals surface area contributed by atoms with E-state index in [1.807, 2.05) is 30.3 Å². The molecule has 0 spiro atoms. The molecule has 1 saturated heterocycles. The molecule has 0 radical (unpaired) electrons. The molecule has 17 heavy (non-hydrogen) atoms. The first-order chi connectivity index (χ1) is 8.15. The van der Waals surface area contributed by atoms with E-state index in [9.17, 15) is 9.59 Å². The highest BCUT2D eigenvalue weighted by Gasteiger charge is 2.42. The lowest BCUT2D eigenvalue weighted by Gasteiger charge is -2.15. The molecule has 2 atom stereocenters. The Bertz CT molecular complexity index is 490. The third-order valence-corrected chi connectivity index (χ3v) is 2.94. The number of ketones is 1. The van der Waals surface area contributed by atoms with Crippen molar-refractivity contribution >= 4 is 11.7 Å². The number of hydrogen-bond acceptors (Lipinski definition) is 2. The summed E-state index contributed by atoms with van der Waals surface area (Å²) < 4.78 is 0.